The number of cyclic esters (lactones) is 1. The Labute approximate surface area is 226 Å². The topological polar surface area (TPSA) is 123 Å². The molecule has 0 radical (unpaired) electrons. The van der Waals surface area contributed by atoms with Crippen molar-refractivity contribution in [2.24, 2.45) is 11.8 Å². The molecule has 1 saturated heterocycles. The van der Waals surface area contributed by atoms with Crippen molar-refractivity contribution >= 4 is 18.0 Å². The fraction of sp³-hybridized carbons (Fsp3) is 0.690. The number of allylic oxidation sites excluding steroid dienone is 2. The zero-order valence-corrected chi connectivity index (χ0v) is 23.6. The number of carbonyl (C=O) groups excluding carboxylic acids is 3. The quantitative estimate of drug-likeness (QED) is 0.226. The Morgan fingerprint density at radius 2 is 1.97 bits per heavy atom. The van der Waals surface area contributed by atoms with Gasteiger partial charge in [-0.25, -0.2) is 4.79 Å². The smallest absolute Gasteiger partial charge is 0.410 e. The number of hydrogen-bond acceptors (Lipinski definition) is 8. The molecule has 1 fully saturated rings. The molecule has 1 amide bonds. The highest BCUT2D eigenvalue weighted by atomic mass is 16.6. The van der Waals surface area contributed by atoms with Crippen molar-refractivity contribution in [3.63, 3.8) is 0 Å². The zero-order chi connectivity index (χ0) is 28.5. The third-order valence-corrected chi connectivity index (χ3v) is 7.12. The molecule has 2 heterocycles. The van der Waals surface area contributed by atoms with Crippen LogP contribution in [0.3, 0.4) is 0 Å². The van der Waals surface area contributed by atoms with E-state index in [0.29, 0.717) is 0 Å². The van der Waals surface area contributed by atoms with Crippen LogP contribution in [-0.4, -0.2) is 76.3 Å². The summed E-state index contributed by atoms with van der Waals surface area (Å²) in [6, 6.07) is 0.208. The Bertz CT molecular complexity index is 908. The summed E-state index contributed by atoms with van der Waals surface area (Å²) in [5.41, 5.74) is -0.647. The van der Waals surface area contributed by atoms with Gasteiger partial charge in [-0.15, -0.1) is 0 Å². The molecule has 7 atom stereocenters. The molecule has 0 aromatic heterocycles. The van der Waals surface area contributed by atoms with Crippen LogP contribution in [0.1, 0.15) is 73.6 Å². The first-order valence-electron chi connectivity index (χ1n) is 13.5. The monoisotopic (exact) mass is 535 g/mol. The first-order chi connectivity index (χ1) is 17.8. The molecule has 9 nitrogen and oxygen atoms in total. The average molecular weight is 536 g/mol. The molecular formula is C29H45NO8. The predicted molar refractivity (Wildman–Crippen MR) is 143 cm³/mol. The van der Waals surface area contributed by atoms with Crippen molar-refractivity contribution in [3.8, 4) is 0 Å². The Morgan fingerprint density at radius 1 is 1.26 bits per heavy atom. The summed E-state index contributed by atoms with van der Waals surface area (Å²) in [5.74, 6) is -1.39. The predicted octanol–water partition coefficient (Wildman–Crippen LogP) is 4.08. The van der Waals surface area contributed by atoms with Gasteiger partial charge in [0.15, 0.2) is 0 Å². The van der Waals surface area contributed by atoms with E-state index in [-0.39, 0.29) is 49.8 Å². The molecule has 9 heteroatoms. The lowest BCUT2D eigenvalue weighted by atomic mass is 9.88. The number of ether oxygens (including phenoxy) is 3. The van der Waals surface area contributed by atoms with Gasteiger partial charge in [-0.05, 0) is 58.1 Å². The summed E-state index contributed by atoms with van der Waals surface area (Å²) in [6.45, 7) is 11.5. The van der Waals surface area contributed by atoms with Gasteiger partial charge < -0.3 is 29.3 Å². The van der Waals surface area contributed by atoms with Crippen LogP contribution in [-0.2, 0) is 23.8 Å². The first-order valence-corrected chi connectivity index (χ1v) is 13.5. The summed E-state index contributed by atoms with van der Waals surface area (Å²) in [5, 5.41) is 21.3. The summed E-state index contributed by atoms with van der Waals surface area (Å²) >= 11 is 0. The summed E-state index contributed by atoms with van der Waals surface area (Å²) in [4.78, 5) is 38.2. The van der Waals surface area contributed by atoms with Gasteiger partial charge in [0.05, 0.1) is 19.1 Å². The Kier molecular flexibility index (Phi) is 12.0. The molecule has 0 aromatic rings. The summed E-state index contributed by atoms with van der Waals surface area (Å²) < 4.78 is 16.6. The normalized spacial score (nSPS) is 33.2. The lowest BCUT2D eigenvalue weighted by Gasteiger charge is -2.32. The van der Waals surface area contributed by atoms with Crippen LogP contribution < -0.4 is 0 Å². The van der Waals surface area contributed by atoms with E-state index in [1.165, 1.54) is 6.92 Å². The Hall–Kier alpha value is -2.65. The lowest BCUT2D eigenvalue weighted by Crippen LogP contribution is -2.42. The molecule has 0 aromatic carbocycles. The Morgan fingerprint density at radius 3 is 2.61 bits per heavy atom. The molecule has 2 aliphatic heterocycles. The standard InChI is InChI=1S/C29H45NO8/c1-19(18-36-28(34)30-16-8-11-22(30)4)9-7-10-20(2)27-21(3)12-13-25(37-23(5)31)29(6,35)15-14-24(32)17-26(33)38-27/h7,9-10,12-13,19,21-22,24-25,27,32,35H,8,11,14-18H2,1-6H3/b9-7+,13-12-,20-10+/t19-,21+,22+,24+,25+,27-,29+/m1/s1. The van der Waals surface area contributed by atoms with Crippen LogP contribution in [0.4, 0.5) is 4.79 Å². The highest BCUT2D eigenvalue weighted by Crippen LogP contribution is 2.27. The zero-order valence-electron chi connectivity index (χ0n) is 23.6. The van der Waals surface area contributed by atoms with Crippen molar-refractivity contribution < 1.29 is 38.8 Å². The maximum Gasteiger partial charge on any atom is 0.410 e. The largest absolute Gasteiger partial charge is 0.457 e. The van der Waals surface area contributed by atoms with Gasteiger partial charge in [-0.2, -0.15) is 0 Å². The molecule has 2 N–H and O–H groups in total. The number of carbonyl (C=O) groups is 3. The van der Waals surface area contributed by atoms with Gasteiger partial charge in [-0.3, -0.25) is 9.59 Å². The maximum absolute atomic E-state index is 12.6. The average Bonchev–Trinajstić information content (AvgIpc) is 3.27. The highest BCUT2D eigenvalue weighted by molar-refractivity contribution is 5.70. The molecule has 38 heavy (non-hydrogen) atoms. The summed E-state index contributed by atoms with van der Waals surface area (Å²) in [6.07, 6.45) is 8.21. The van der Waals surface area contributed by atoms with E-state index in [9.17, 15) is 24.6 Å². The van der Waals surface area contributed by atoms with Crippen LogP contribution >= 0.6 is 0 Å². The van der Waals surface area contributed by atoms with E-state index < -0.39 is 35.9 Å². The van der Waals surface area contributed by atoms with E-state index in [1.54, 1.807) is 24.0 Å². The molecule has 0 spiro atoms. The van der Waals surface area contributed by atoms with E-state index >= 15 is 0 Å². The minimum absolute atomic E-state index is 0.0149. The van der Waals surface area contributed by atoms with E-state index in [4.69, 9.17) is 14.2 Å². The van der Waals surface area contributed by atoms with Crippen LogP contribution in [0.2, 0.25) is 0 Å². The first kappa shape index (κ1) is 31.6. The molecule has 214 valence electrons. The van der Waals surface area contributed by atoms with Gasteiger partial charge in [0.25, 0.3) is 0 Å². The fourth-order valence-electron chi connectivity index (χ4n) is 4.67. The van der Waals surface area contributed by atoms with Gasteiger partial charge in [0.1, 0.15) is 17.8 Å². The number of aliphatic hydroxyl groups is 2. The third-order valence-electron chi connectivity index (χ3n) is 7.12. The van der Waals surface area contributed by atoms with Crippen LogP contribution in [0.15, 0.2) is 36.0 Å². The summed E-state index contributed by atoms with van der Waals surface area (Å²) in [7, 11) is 0. The molecule has 0 saturated carbocycles. The molecule has 2 aliphatic rings. The van der Waals surface area contributed by atoms with Crippen LogP contribution in [0, 0.1) is 11.8 Å². The molecule has 0 bridgehead atoms. The Balaban J connectivity index is 2.12. The molecular weight excluding hydrogens is 490 g/mol. The number of likely N-dealkylation sites (tertiary alicyclic amines) is 1. The maximum atomic E-state index is 12.6. The second-order valence-corrected chi connectivity index (χ2v) is 11.0. The van der Waals surface area contributed by atoms with Crippen molar-refractivity contribution in [1.29, 1.82) is 0 Å². The van der Waals surface area contributed by atoms with Crippen molar-refractivity contribution in [1.82, 2.24) is 4.90 Å². The fourth-order valence-corrected chi connectivity index (χ4v) is 4.67. The van der Waals surface area contributed by atoms with Gasteiger partial charge in [0.2, 0.25) is 0 Å². The molecule has 0 unspecified atom stereocenters. The minimum atomic E-state index is -1.42. The molecule has 2 rings (SSSR count). The highest BCUT2D eigenvalue weighted by Gasteiger charge is 2.35. The minimum Gasteiger partial charge on any atom is -0.457 e. The van der Waals surface area contributed by atoms with E-state index in [1.807, 2.05) is 45.9 Å². The van der Waals surface area contributed by atoms with Crippen molar-refractivity contribution in [3.05, 3.63) is 36.0 Å². The third kappa shape index (κ3) is 9.91. The van der Waals surface area contributed by atoms with E-state index in [0.717, 1.165) is 25.0 Å². The van der Waals surface area contributed by atoms with Crippen molar-refractivity contribution in [2.75, 3.05) is 13.2 Å². The number of amides is 1. The van der Waals surface area contributed by atoms with Crippen LogP contribution in [0.5, 0.6) is 0 Å². The van der Waals surface area contributed by atoms with Crippen molar-refractivity contribution in [2.45, 2.75) is 104 Å². The van der Waals surface area contributed by atoms with Gasteiger partial charge in [-0.1, -0.05) is 38.2 Å². The second kappa shape index (κ2) is 14.5. The van der Waals surface area contributed by atoms with Gasteiger partial charge in [0, 0.05) is 31.3 Å². The van der Waals surface area contributed by atoms with Gasteiger partial charge >= 0.3 is 18.0 Å². The molecule has 0 aliphatic carbocycles. The number of aliphatic hydroxyl groups excluding tert-OH is 1. The lowest BCUT2D eigenvalue weighted by molar-refractivity contribution is -0.157. The number of esters is 2. The SMILES string of the molecule is CC(=O)O[C@H]1/C=C\[C@H](C)[C@@H](/C(C)=C/C=C/[C@@H](C)COC(=O)N2CCC[C@@H]2C)OC(=O)C[C@@H](O)CC[C@]1(C)O. The number of hydrogen-bond donors (Lipinski definition) is 2. The van der Waals surface area contributed by atoms with E-state index in [2.05, 4.69) is 0 Å². The number of rotatable bonds is 6. The number of nitrogens with zero attached hydrogens (tertiary/aromatic N) is 1. The second-order valence-electron chi connectivity index (χ2n) is 11.0. The van der Waals surface area contributed by atoms with Crippen LogP contribution in [0.25, 0.3) is 0 Å².